The fourth-order valence-corrected chi connectivity index (χ4v) is 4.21. The zero-order chi connectivity index (χ0) is 19.7. The minimum Gasteiger partial charge on any atom is -0.377 e. The zero-order valence-electron chi connectivity index (χ0n) is 16.6. The second-order valence-corrected chi connectivity index (χ2v) is 7.51. The van der Waals surface area contributed by atoms with E-state index in [1.165, 1.54) is 11.1 Å². The number of fused-ring (bicyclic) bond motifs is 1. The summed E-state index contributed by atoms with van der Waals surface area (Å²) in [5, 5.41) is 3.50. The number of benzene rings is 1. The molecule has 0 bridgehead atoms. The Morgan fingerprint density at radius 2 is 2.04 bits per heavy atom. The molecule has 2 aliphatic heterocycles. The normalized spacial score (nSPS) is 24.3. The highest BCUT2D eigenvalue weighted by Gasteiger charge is 2.38. The van der Waals surface area contributed by atoms with E-state index in [0.717, 1.165) is 24.3 Å². The standard InChI is InChI=1S/C22H26N4O2/c1-14-15(2)26(16(3)27)20-6-5-18(17-7-11-28-12-8-17)13-19(20)21(14)25-22-23-9-4-10-24-22/h4-7,9-10,13-15,21H,8,11-12H2,1-3H3,(H,23,24,25)/t14-,15-,21+/m0/s1. The Morgan fingerprint density at radius 1 is 1.25 bits per heavy atom. The van der Waals surface area contributed by atoms with Gasteiger partial charge >= 0.3 is 0 Å². The Morgan fingerprint density at radius 3 is 2.71 bits per heavy atom. The molecular weight excluding hydrogens is 352 g/mol. The van der Waals surface area contributed by atoms with Crippen molar-refractivity contribution in [1.82, 2.24) is 9.97 Å². The minimum absolute atomic E-state index is 0.0170. The van der Waals surface area contributed by atoms with Gasteiger partial charge in [-0.25, -0.2) is 9.97 Å². The average Bonchev–Trinajstić information content (AvgIpc) is 2.72. The molecule has 0 aliphatic carbocycles. The quantitative estimate of drug-likeness (QED) is 0.879. The first-order chi connectivity index (χ1) is 13.6. The summed E-state index contributed by atoms with van der Waals surface area (Å²) in [5.41, 5.74) is 4.55. The van der Waals surface area contributed by atoms with Crippen LogP contribution in [0.15, 0.2) is 42.7 Å². The summed E-state index contributed by atoms with van der Waals surface area (Å²) in [6.07, 6.45) is 6.52. The summed E-state index contributed by atoms with van der Waals surface area (Å²) < 4.78 is 5.46. The molecule has 0 fully saturated rings. The van der Waals surface area contributed by atoms with Crippen molar-refractivity contribution in [1.29, 1.82) is 0 Å². The van der Waals surface area contributed by atoms with Crippen LogP contribution in [0, 0.1) is 5.92 Å². The highest BCUT2D eigenvalue weighted by atomic mass is 16.5. The van der Waals surface area contributed by atoms with E-state index in [1.54, 1.807) is 25.4 Å². The molecule has 2 aliphatic rings. The van der Waals surface area contributed by atoms with Gasteiger partial charge in [0.15, 0.2) is 0 Å². The molecule has 3 atom stereocenters. The fourth-order valence-electron chi connectivity index (χ4n) is 4.21. The Balaban J connectivity index is 1.80. The van der Waals surface area contributed by atoms with Gasteiger partial charge in [-0.05, 0) is 48.2 Å². The molecule has 0 spiro atoms. The van der Waals surface area contributed by atoms with E-state index in [4.69, 9.17) is 4.74 Å². The second-order valence-electron chi connectivity index (χ2n) is 7.51. The van der Waals surface area contributed by atoms with Crippen LogP contribution in [-0.4, -0.2) is 35.1 Å². The van der Waals surface area contributed by atoms with Crippen molar-refractivity contribution in [3.63, 3.8) is 0 Å². The van der Waals surface area contributed by atoms with Crippen molar-refractivity contribution in [3.8, 4) is 0 Å². The third-order valence-electron chi connectivity index (χ3n) is 5.84. The fraction of sp³-hybridized carbons (Fsp3) is 0.409. The number of hydrogen-bond donors (Lipinski definition) is 1. The van der Waals surface area contributed by atoms with Crippen molar-refractivity contribution in [2.75, 3.05) is 23.4 Å². The molecule has 3 heterocycles. The summed E-state index contributed by atoms with van der Waals surface area (Å²) in [6, 6.07) is 8.29. The van der Waals surface area contributed by atoms with E-state index in [-0.39, 0.29) is 23.9 Å². The number of rotatable bonds is 3. The van der Waals surface area contributed by atoms with Gasteiger partial charge in [0.25, 0.3) is 0 Å². The molecular formula is C22H26N4O2. The number of ether oxygens (including phenoxy) is 1. The summed E-state index contributed by atoms with van der Waals surface area (Å²) in [7, 11) is 0. The van der Waals surface area contributed by atoms with Crippen LogP contribution in [0.5, 0.6) is 0 Å². The summed E-state index contributed by atoms with van der Waals surface area (Å²) in [5.74, 6) is 0.858. The molecule has 0 saturated heterocycles. The van der Waals surface area contributed by atoms with Crippen LogP contribution in [0.2, 0.25) is 0 Å². The Kier molecular flexibility index (Phi) is 5.13. The van der Waals surface area contributed by atoms with Crippen LogP contribution in [0.3, 0.4) is 0 Å². The predicted molar refractivity (Wildman–Crippen MR) is 110 cm³/mol. The molecule has 0 unspecified atom stereocenters. The lowest BCUT2D eigenvalue weighted by Crippen LogP contribution is -2.48. The van der Waals surface area contributed by atoms with E-state index in [1.807, 2.05) is 4.90 Å². The van der Waals surface area contributed by atoms with E-state index < -0.39 is 0 Å². The maximum atomic E-state index is 12.4. The second kappa shape index (κ2) is 7.72. The first kappa shape index (κ1) is 18.6. The molecule has 1 amide bonds. The van der Waals surface area contributed by atoms with Gasteiger partial charge in [-0.15, -0.1) is 0 Å². The maximum Gasteiger partial charge on any atom is 0.224 e. The lowest BCUT2D eigenvalue weighted by atomic mass is 9.81. The average molecular weight is 378 g/mol. The first-order valence-electron chi connectivity index (χ1n) is 9.80. The molecule has 2 aromatic rings. The molecule has 146 valence electrons. The maximum absolute atomic E-state index is 12.4. The molecule has 1 aromatic carbocycles. The van der Waals surface area contributed by atoms with Crippen molar-refractivity contribution in [2.24, 2.45) is 5.92 Å². The van der Waals surface area contributed by atoms with Crippen LogP contribution in [0.25, 0.3) is 5.57 Å². The monoisotopic (exact) mass is 378 g/mol. The van der Waals surface area contributed by atoms with Crippen molar-refractivity contribution < 1.29 is 9.53 Å². The third kappa shape index (κ3) is 3.40. The lowest BCUT2D eigenvalue weighted by Gasteiger charge is -2.44. The Hall–Kier alpha value is -2.73. The van der Waals surface area contributed by atoms with Crippen LogP contribution in [-0.2, 0) is 9.53 Å². The van der Waals surface area contributed by atoms with Gasteiger partial charge < -0.3 is 15.0 Å². The van der Waals surface area contributed by atoms with Crippen LogP contribution < -0.4 is 10.2 Å². The molecule has 1 N–H and O–H groups in total. The number of nitrogens with zero attached hydrogens (tertiary/aromatic N) is 3. The molecule has 6 nitrogen and oxygen atoms in total. The number of nitrogens with one attached hydrogen (secondary N) is 1. The number of hydrogen-bond acceptors (Lipinski definition) is 5. The SMILES string of the molecule is CC(=O)N1c2ccc(C3=CCOCC3)cc2[C@H](Nc2ncccn2)[C@@H](C)[C@@H]1C. The molecule has 1 aromatic heterocycles. The highest BCUT2D eigenvalue weighted by Crippen LogP contribution is 2.43. The molecule has 0 saturated carbocycles. The number of carbonyl (C=O) groups excluding carboxylic acids is 1. The lowest BCUT2D eigenvalue weighted by molar-refractivity contribution is -0.117. The zero-order valence-corrected chi connectivity index (χ0v) is 16.6. The minimum atomic E-state index is 0.0170. The first-order valence-corrected chi connectivity index (χ1v) is 9.80. The van der Waals surface area contributed by atoms with E-state index in [0.29, 0.717) is 12.6 Å². The van der Waals surface area contributed by atoms with Gasteiger partial charge in [0.05, 0.1) is 19.3 Å². The topological polar surface area (TPSA) is 67.3 Å². The highest BCUT2D eigenvalue weighted by molar-refractivity contribution is 5.94. The van der Waals surface area contributed by atoms with Gasteiger partial charge in [-0.1, -0.05) is 19.1 Å². The summed E-state index contributed by atoms with van der Waals surface area (Å²) in [6.45, 7) is 7.30. The smallest absolute Gasteiger partial charge is 0.224 e. The Bertz CT molecular complexity index is 897. The van der Waals surface area contributed by atoms with Gasteiger partial charge in [0.1, 0.15) is 0 Å². The van der Waals surface area contributed by atoms with E-state index in [9.17, 15) is 4.79 Å². The number of anilines is 2. The van der Waals surface area contributed by atoms with Crippen molar-refractivity contribution in [3.05, 3.63) is 53.9 Å². The van der Waals surface area contributed by atoms with Crippen molar-refractivity contribution in [2.45, 2.75) is 39.3 Å². The molecule has 0 radical (unpaired) electrons. The van der Waals surface area contributed by atoms with Crippen molar-refractivity contribution >= 4 is 23.1 Å². The number of carbonyl (C=O) groups is 1. The third-order valence-corrected chi connectivity index (χ3v) is 5.84. The van der Waals surface area contributed by atoms with E-state index >= 15 is 0 Å². The number of aromatic nitrogens is 2. The summed E-state index contributed by atoms with van der Waals surface area (Å²) in [4.78, 5) is 23.0. The molecule has 4 rings (SSSR count). The molecule has 6 heteroatoms. The number of amides is 1. The van der Waals surface area contributed by atoms with Crippen LogP contribution in [0.4, 0.5) is 11.6 Å². The van der Waals surface area contributed by atoms with Gasteiger partial charge in [-0.2, -0.15) is 0 Å². The van der Waals surface area contributed by atoms with E-state index in [2.05, 4.69) is 53.4 Å². The van der Waals surface area contributed by atoms with Gasteiger partial charge in [0, 0.05) is 37.0 Å². The predicted octanol–water partition coefficient (Wildman–Crippen LogP) is 3.82. The van der Waals surface area contributed by atoms with Crippen LogP contribution in [0.1, 0.15) is 44.4 Å². The Labute approximate surface area is 165 Å². The molecule has 28 heavy (non-hydrogen) atoms. The summed E-state index contributed by atoms with van der Waals surface area (Å²) >= 11 is 0. The largest absolute Gasteiger partial charge is 0.377 e. The van der Waals surface area contributed by atoms with Gasteiger partial charge in [-0.3, -0.25) is 4.79 Å². The van der Waals surface area contributed by atoms with Gasteiger partial charge in [0.2, 0.25) is 11.9 Å². The van der Waals surface area contributed by atoms with Crippen LogP contribution >= 0.6 is 0 Å².